The number of H-pyrrole nitrogens is 1. The van der Waals surface area contributed by atoms with Crippen LogP contribution in [0.15, 0.2) is 67.0 Å². The molecule has 1 atom stereocenters. The molecule has 192 valence electrons. The molecule has 0 aliphatic carbocycles. The van der Waals surface area contributed by atoms with Crippen LogP contribution in [0.4, 0.5) is 4.79 Å². The minimum Gasteiger partial charge on any atom is -0.481 e. The summed E-state index contributed by atoms with van der Waals surface area (Å²) in [7, 11) is 0. The van der Waals surface area contributed by atoms with E-state index < -0.39 is 30.3 Å². The molecule has 3 N–H and O–H groups in total. The van der Waals surface area contributed by atoms with E-state index in [-0.39, 0.29) is 25.6 Å². The highest BCUT2D eigenvalue weighted by Gasteiger charge is 2.25. The average Bonchev–Trinajstić information content (AvgIpc) is 3.56. The number of nitrogens with zero attached hydrogens (tertiary/aromatic N) is 5. The van der Waals surface area contributed by atoms with Crippen molar-refractivity contribution in [2.75, 3.05) is 0 Å². The van der Waals surface area contributed by atoms with Gasteiger partial charge in [-0.05, 0) is 22.4 Å². The average molecular weight is 526 g/mol. The zero-order valence-corrected chi connectivity index (χ0v) is 20.3. The van der Waals surface area contributed by atoms with Crippen LogP contribution >= 0.6 is 12.4 Å². The molecule has 37 heavy (non-hydrogen) atoms. The van der Waals surface area contributed by atoms with Gasteiger partial charge in [0.15, 0.2) is 11.6 Å². The predicted octanol–water partition coefficient (Wildman–Crippen LogP) is 2.41. The number of aliphatic carboxylic acids is 1. The number of nitrogens with one attached hydrogen (secondary N) is 2. The molecular weight excluding hydrogens is 502 g/mol. The van der Waals surface area contributed by atoms with Crippen LogP contribution < -0.4 is 5.32 Å². The van der Waals surface area contributed by atoms with Gasteiger partial charge in [0.2, 0.25) is 0 Å². The maximum atomic E-state index is 12.7. The highest BCUT2D eigenvalue weighted by atomic mass is 35.5. The Morgan fingerprint density at radius 1 is 1.08 bits per heavy atom. The topological polar surface area (TPSA) is 165 Å². The van der Waals surface area contributed by atoms with Crippen molar-refractivity contribution in [3.8, 4) is 11.4 Å². The molecule has 0 aliphatic rings. The van der Waals surface area contributed by atoms with E-state index in [1.54, 1.807) is 36.7 Å². The highest BCUT2D eigenvalue weighted by molar-refractivity contribution is 5.90. The van der Waals surface area contributed by atoms with Crippen LogP contribution in [-0.4, -0.2) is 59.2 Å². The first-order valence-electron chi connectivity index (χ1n) is 11.0. The van der Waals surface area contributed by atoms with E-state index in [2.05, 4.69) is 30.7 Å². The van der Waals surface area contributed by atoms with E-state index in [4.69, 9.17) is 4.74 Å². The van der Waals surface area contributed by atoms with E-state index in [0.29, 0.717) is 12.2 Å². The third-order valence-corrected chi connectivity index (χ3v) is 5.12. The van der Waals surface area contributed by atoms with Crippen molar-refractivity contribution in [2.24, 2.45) is 0 Å². The number of halogens is 1. The summed E-state index contributed by atoms with van der Waals surface area (Å²) in [6.07, 6.45) is 2.26. The molecule has 1 unspecified atom stereocenters. The molecule has 12 nitrogen and oxygen atoms in total. The molecule has 0 saturated carbocycles. The van der Waals surface area contributed by atoms with Crippen LogP contribution in [-0.2, 0) is 33.9 Å². The lowest BCUT2D eigenvalue weighted by molar-refractivity contribution is -0.139. The van der Waals surface area contributed by atoms with Crippen LogP contribution in [0.1, 0.15) is 23.4 Å². The molecule has 0 fully saturated rings. The maximum absolute atomic E-state index is 12.7. The van der Waals surface area contributed by atoms with Crippen LogP contribution in [0.3, 0.4) is 0 Å². The fourth-order valence-electron chi connectivity index (χ4n) is 3.43. The molecule has 13 heteroatoms. The molecule has 0 radical (unpaired) electrons. The summed E-state index contributed by atoms with van der Waals surface area (Å²) in [5.41, 5.74) is 2.57. The number of carbonyl (C=O) groups is 3. The number of ketones is 1. The van der Waals surface area contributed by atoms with Crippen molar-refractivity contribution in [3.05, 3.63) is 83.9 Å². The quantitative estimate of drug-likeness (QED) is 0.266. The summed E-state index contributed by atoms with van der Waals surface area (Å²) in [5.74, 6) is -0.735. The number of tetrazole rings is 1. The molecule has 2 heterocycles. The SMILES string of the molecule is Cl.O=C(O)CC(NC(=O)OCc1ccccc1)C(=O)Cn1nnc(Cc2cccc(-c3ncc[nH]3)c2)n1. The molecule has 2 aromatic carbocycles. The number of benzene rings is 2. The summed E-state index contributed by atoms with van der Waals surface area (Å²) < 4.78 is 5.10. The van der Waals surface area contributed by atoms with Crippen LogP contribution in [0.2, 0.25) is 0 Å². The summed E-state index contributed by atoms with van der Waals surface area (Å²) in [6.45, 7) is -0.383. The molecule has 4 aromatic rings. The predicted molar refractivity (Wildman–Crippen MR) is 133 cm³/mol. The Balaban J connectivity index is 0.00000380. The van der Waals surface area contributed by atoms with Gasteiger partial charge in [-0.1, -0.05) is 48.5 Å². The summed E-state index contributed by atoms with van der Waals surface area (Å²) in [5, 5.41) is 23.6. The van der Waals surface area contributed by atoms with Crippen LogP contribution in [0, 0.1) is 0 Å². The van der Waals surface area contributed by atoms with E-state index in [1.807, 2.05) is 30.3 Å². The van der Waals surface area contributed by atoms with Gasteiger partial charge >= 0.3 is 12.1 Å². The number of hydrogen-bond acceptors (Lipinski definition) is 8. The van der Waals surface area contributed by atoms with Crippen LogP contribution in [0.25, 0.3) is 11.4 Å². The van der Waals surface area contributed by atoms with Gasteiger partial charge in [-0.25, -0.2) is 9.78 Å². The van der Waals surface area contributed by atoms with Gasteiger partial charge in [0.25, 0.3) is 0 Å². The zero-order valence-electron chi connectivity index (χ0n) is 19.5. The van der Waals surface area contributed by atoms with E-state index in [9.17, 15) is 19.5 Å². The van der Waals surface area contributed by atoms with Gasteiger partial charge in [0.05, 0.1) is 6.42 Å². The first kappa shape index (κ1) is 27.0. The largest absolute Gasteiger partial charge is 0.481 e. The number of amides is 1. The highest BCUT2D eigenvalue weighted by Crippen LogP contribution is 2.17. The number of carboxylic acids is 1. The molecule has 0 saturated heterocycles. The Morgan fingerprint density at radius 2 is 1.86 bits per heavy atom. The third-order valence-electron chi connectivity index (χ3n) is 5.12. The van der Waals surface area contributed by atoms with E-state index >= 15 is 0 Å². The number of carbonyl (C=O) groups excluding carboxylic acids is 2. The fourth-order valence-corrected chi connectivity index (χ4v) is 3.43. The number of Topliss-reactive ketones (excluding diaryl/α,β-unsaturated/α-hetero) is 1. The zero-order chi connectivity index (χ0) is 25.3. The second-order valence-electron chi connectivity index (χ2n) is 7.87. The smallest absolute Gasteiger partial charge is 0.408 e. The van der Waals surface area contributed by atoms with Gasteiger partial charge in [-0.3, -0.25) is 9.59 Å². The number of hydrogen-bond donors (Lipinski definition) is 3. The number of alkyl carbamates (subject to hydrolysis) is 1. The lowest BCUT2D eigenvalue weighted by atomic mass is 10.1. The number of ether oxygens (including phenoxy) is 1. The summed E-state index contributed by atoms with van der Waals surface area (Å²) in [4.78, 5) is 44.5. The molecular formula is C24H24ClN7O5. The van der Waals surface area contributed by atoms with Gasteiger partial charge in [0, 0.05) is 24.4 Å². The maximum Gasteiger partial charge on any atom is 0.408 e. The first-order chi connectivity index (χ1) is 17.5. The Kier molecular flexibility index (Phi) is 9.44. The summed E-state index contributed by atoms with van der Waals surface area (Å²) in [6, 6.07) is 15.3. The van der Waals surface area contributed by atoms with Gasteiger partial charge in [0.1, 0.15) is 25.0 Å². The first-order valence-corrected chi connectivity index (χ1v) is 11.0. The molecule has 1 amide bonds. The summed E-state index contributed by atoms with van der Waals surface area (Å²) >= 11 is 0. The lowest BCUT2D eigenvalue weighted by Gasteiger charge is -2.15. The number of rotatable bonds is 11. The number of carboxylic acid groups (broad SMARTS) is 1. The Labute approximate surface area is 217 Å². The van der Waals surface area contributed by atoms with Gasteiger partial charge in [-0.2, -0.15) is 4.80 Å². The van der Waals surface area contributed by atoms with E-state index in [0.717, 1.165) is 27.3 Å². The van der Waals surface area contributed by atoms with Crippen LogP contribution in [0.5, 0.6) is 0 Å². The molecule has 0 spiro atoms. The van der Waals surface area contributed by atoms with E-state index in [1.165, 1.54) is 0 Å². The second kappa shape index (κ2) is 12.9. The fraction of sp³-hybridized carbons (Fsp3) is 0.208. The molecule has 0 bridgehead atoms. The second-order valence-corrected chi connectivity index (χ2v) is 7.87. The number of aromatic nitrogens is 6. The number of imidazole rings is 1. The lowest BCUT2D eigenvalue weighted by Crippen LogP contribution is -2.44. The monoisotopic (exact) mass is 525 g/mol. The normalized spacial score (nSPS) is 11.2. The number of aromatic amines is 1. The minimum absolute atomic E-state index is 0. The molecule has 4 rings (SSSR count). The Hall–Kier alpha value is -4.58. The van der Waals surface area contributed by atoms with Crippen molar-refractivity contribution in [1.82, 2.24) is 35.5 Å². The molecule has 2 aromatic heterocycles. The Morgan fingerprint density at radius 3 is 2.59 bits per heavy atom. The van der Waals surface area contributed by atoms with Crippen molar-refractivity contribution in [1.29, 1.82) is 0 Å². The van der Waals surface area contributed by atoms with Gasteiger partial charge in [-0.15, -0.1) is 22.6 Å². The standard InChI is InChI=1S/C24H23N7O5.ClH/c32-20(19(13-22(33)34)27-24(35)36-15-16-5-2-1-3-6-16)14-31-29-21(28-30-31)12-17-7-4-8-18(11-17)23-25-9-10-26-23;/h1-11,19H,12-15H2,(H,25,26)(H,27,35)(H,33,34);1H. The van der Waals surface area contributed by atoms with Crippen molar-refractivity contribution >= 4 is 30.3 Å². The van der Waals surface area contributed by atoms with Crippen molar-refractivity contribution in [3.63, 3.8) is 0 Å². The van der Waals surface area contributed by atoms with Crippen molar-refractivity contribution < 1.29 is 24.2 Å². The minimum atomic E-state index is -1.31. The van der Waals surface area contributed by atoms with Gasteiger partial charge < -0.3 is 20.1 Å². The van der Waals surface area contributed by atoms with Crippen molar-refractivity contribution in [2.45, 2.75) is 32.0 Å². The third kappa shape index (κ3) is 7.97. The Bertz CT molecular complexity index is 1330. The molecule has 0 aliphatic heterocycles.